The Morgan fingerprint density at radius 3 is 2.76 bits per heavy atom. The quantitative estimate of drug-likeness (QED) is 0.902. The third kappa shape index (κ3) is 3.11. The van der Waals surface area contributed by atoms with E-state index in [1.165, 1.54) is 16.0 Å². The lowest BCUT2D eigenvalue weighted by Gasteiger charge is -2.06. The number of oxazole rings is 1. The molecule has 2 aromatic rings. The van der Waals surface area contributed by atoms with Crippen LogP contribution in [0.5, 0.6) is 0 Å². The van der Waals surface area contributed by atoms with Gasteiger partial charge in [0.05, 0.1) is 5.69 Å². The summed E-state index contributed by atoms with van der Waals surface area (Å²) in [6.07, 6.45) is 1.67. The van der Waals surface area contributed by atoms with Crippen LogP contribution < -0.4 is 5.32 Å². The summed E-state index contributed by atoms with van der Waals surface area (Å²) in [4.78, 5) is 5.48. The molecular weight excluding hydrogens is 232 g/mol. The first-order valence-electron chi connectivity index (χ1n) is 5.53. The van der Waals surface area contributed by atoms with E-state index in [1.807, 2.05) is 14.0 Å². The van der Waals surface area contributed by atoms with Crippen molar-refractivity contribution in [2.24, 2.45) is 0 Å². The Balaban J connectivity index is 2.16. The molecule has 0 spiro atoms. The number of nitrogens with zero attached hydrogens (tertiary/aromatic N) is 1. The lowest BCUT2D eigenvalue weighted by atomic mass is 10.1. The van der Waals surface area contributed by atoms with E-state index < -0.39 is 0 Å². The summed E-state index contributed by atoms with van der Waals surface area (Å²) in [7, 11) is 1.95. The summed E-state index contributed by atoms with van der Waals surface area (Å²) in [5.41, 5.74) is 3.45. The molecule has 0 unspecified atom stereocenters. The normalized spacial score (nSPS) is 10.8. The fourth-order valence-electron chi connectivity index (χ4n) is 1.61. The predicted molar refractivity (Wildman–Crippen MR) is 69.3 cm³/mol. The Hall–Kier alpha value is -1.26. The van der Waals surface area contributed by atoms with Crippen molar-refractivity contribution in [2.45, 2.75) is 30.5 Å². The molecule has 0 amide bonds. The molecule has 1 heterocycles. The molecule has 0 saturated carbocycles. The summed E-state index contributed by atoms with van der Waals surface area (Å²) in [5.74, 6) is 0. The van der Waals surface area contributed by atoms with Crippen LogP contribution in [0.3, 0.4) is 0 Å². The minimum absolute atomic E-state index is 0.701. The van der Waals surface area contributed by atoms with E-state index in [2.05, 4.69) is 35.4 Å². The fourth-order valence-corrected chi connectivity index (χ4v) is 2.44. The average molecular weight is 248 g/mol. The molecule has 0 aliphatic heterocycles. The van der Waals surface area contributed by atoms with Gasteiger partial charge in [-0.3, -0.25) is 0 Å². The van der Waals surface area contributed by atoms with Crippen LogP contribution in [0.15, 0.2) is 39.0 Å². The number of nitrogens with one attached hydrogen (secondary N) is 1. The lowest BCUT2D eigenvalue weighted by Crippen LogP contribution is -2.05. The van der Waals surface area contributed by atoms with Crippen LogP contribution in [-0.4, -0.2) is 12.0 Å². The fraction of sp³-hybridized carbons (Fsp3) is 0.308. The number of benzene rings is 1. The van der Waals surface area contributed by atoms with Crippen LogP contribution in [-0.2, 0) is 6.54 Å². The second kappa shape index (κ2) is 5.38. The van der Waals surface area contributed by atoms with Gasteiger partial charge in [-0.25, -0.2) is 4.98 Å². The van der Waals surface area contributed by atoms with Gasteiger partial charge < -0.3 is 9.73 Å². The maximum atomic E-state index is 5.34. The van der Waals surface area contributed by atoms with Crippen LogP contribution in [0, 0.1) is 13.8 Å². The largest absolute Gasteiger partial charge is 0.439 e. The smallest absolute Gasteiger partial charge is 0.260 e. The molecule has 0 bridgehead atoms. The molecule has 0 aliphatic rings. The SMILES string of the molecule is CNCc1ccc(Sc2nc(C)co2)c(C)c1. The predicted octanol–water partition coefficient (Wildman–Crippen LogP) is 3.16. The first-order valence-corrected chi connectivity index (χ1v) is 6.35. The third-order valence-corrected chi connectivity index (χ3v) is 3.46. The molecule has 1 N–H and O–H groups in total. The molecule has 0 aliphatic carbocycles. The van der Waals surface area contributed by atoms with Gasteiger partial charge in [-0.1, -0.05) is 12.1 Å². The van der Waals surface area contributed by atoms with Crippen molar-refractivity contribution < 1.29 is 4.42 Å². The molecule has 17 heavy (non-hydrogen) atoms. The van der Waals surface area contributed by atoms with Crippen LogP contribution >= 0.6 is 11.8 Å². The van der Waals surface area contributed by atoms with Gasteiger partial charge in [-0.05, 0) is 49.9 Å². The highest BCUT2D eigenvalue weighted by Gasteiger charge is 2.06. The minimum Gasteiger partial charge on any atom is -0.439 e. The topological polar surface area (TPSA) is 38.1 Å². The van der Waals surface area contributed by atoms with Crippen LogP contribution in [0.2, 0.25) is 0 Å². The van der Waals surface area contributed by atoms with Crippen LogP contribution in [0.4, 0.5) is 0 Å². The summed E-state index contributed by atoms with van der Waals surface area (Å²) >= 11 is 1.56. The first-order chi connectivity index (χ1) is 8.19. The van der Waals surface area contributed by atoms with E-state index in [1.54, 1.807) is 18.0 Å². The molecule has 4 heteroatoms. The second-order valence-electron chi connectivity index (χ2n) is 3.99. The third-order valence-electron chi connectivity index (χ3n) is 2.42. The molecule has 3 nitrogen and oxygen atoms in total. The van der Waals surface area contributed by atoms with Crippen molar-refractivity contribution in [3.05, 3.63) is 41.3 Å². The molecule has 90 valence electrons. The highest BCUT2D eigenvalue weighted by atomic mass is 32.2. The number of aromatic nitrogens is 1. The Kier molecular flexibility index (Phi) is 3.86. The monoisotopic (exact) mass is 248 g/mol. The Bertz CT molecular complexity index is 508. The minimum atomic E-state index is 0.701. The van der Waals surface area contributed by atoms with Crippen LogP contribution in [0.25, 0.3) is 0 Å². The Morgan fingerprint density at radius 2 is 2.18 bits per heavy atom. The zero-order valence-corrected chi connectivity index (χ0v) is 11.1. The maximum absolute atomic E-state index is 5.34. The Labute approximate surface area is 106 Å². The standard InChI is InChI=1S/C13H16N2OS/c1-9-6-11(7-14-3)4-5-12(9)17-13-15-10(2)8-16-13/h4-6,8,14H,7H2,1-3H3. The number of rotatable bonds is 4. The first kappa shape index (κ1) is 12.2. The van der Waals surface area contributed by atoms with E-state index in [-0.39, 0.29) is 0 Å². The van der Waals surface area contributed by atoms with Gasteiger partial charge in [0.1, 0.15) is 6.26 Å². The summed E-state index contributed by atoms with van der Waals surface area (Å²) in [6.45, 7) is 4.93. The number of hydrogen-bond donors (Lipinski definition) is 1. The zero-order valence-electron chi connectivity index (χ0n) is 10.3. The molecule has 0 saturated heterocycles. The van der Waals surface area contributed by atoms with Crippen molar-refractivity contribution in [1.29, 1.82) is 0 Å². The van der Waals surface area contributed by atoms with Crippen molar-refractivity contribution in [2.75, 3.05) is 7.05 Å². The molecule has 0 radical (unpaired) electrons. The van der Waals surface area contributed by atoms with Gasteiger partial charge in [0.25, 0.3) is 5.22 Å². The summed E-state index contributed by atoms with van der Waals surface area (Å²) in [6, 6.07) is 6.43. The number of hydrogen-bond acceptors (Lipinski definition) is 4. The average Bonchev–Trinajstić information content (AvgIpc) is 2.69. The molecule has 0 atom stereocenters. The van der Waals surface area contributed by atoms with Crippen LogP contribution in [0.1, 0.15) is 16.8 Å². The zero-order chi connectivity index (χ0) is 12.3. The van der Waals surface area contributed by atoms with Gasteiger partial charge in [-0.2, -0.15) is 0 Å². The van der Waals surface area contributed by atoms with Gasteiger partial charge in [-0.15, -0.1) is 0 Å². The molecule has 2 rings (SSSR count). The van der Waals surface area contributed by atoms with Crippen molar-refractivity contribution in [3.63, 3.8) is 0 Å². The van der Waals surface area contributed by atoms with E-state index in [9.17, 15) is 0 Å². The highest BCUT2D eigenvalue weighted by Crippen LogP contribution is 2.29. The second-order valence-corrected chi connectivity index (χ2v) is 4.98. The van der Waals surface area contributed by atoms with E-state index in [0.717, 1.165) is 12.2 Å². The van der Waals surface area contributed by atoms with Gasteiger partial charge >= 0.3 is 0 Å². The van der Waals surface area contributed by atoms with Crippen molar-refractivity contribution in [3.8, 4) is 0 Å². The lowest BCUT2D eigenvalue weighted by molar-refractivity contribution is 0.454. The number of aryl methyl sites for hydroxylation is 2. The molecule has 1 aromatic heterocycles. The molecule has 0 fully saturated rings. The molecular formula is C13H16N2OS. The van der Waals surface area contributed by atoms with Crippen molar-refractivity contribution >= 4 is 11.8 Å². The molecule has 1 aromatic carbocycles. The van der Waals surface area contributed by atoms with Gasteiger partial charge in [0, 0.05) is 11.4 Å². The van der Waals surface area contributed by atoms with E-state index in [4.69, 9.17) is 4.42 Å². The van der Waals surface area contributed by atoms with Gasteiger partial charge in [0.2, 0.25) is 0 Å². The maximum Gasteiger partial charge on any atom is 0.260 e. The Morgan fingerprint density at radius 1 is 1.35 bits per heavy atom. The van der Waals surface area contributed by atoms with Gasteiger partial charge in [0.15, 0.2) is 0 Å². The summed E-state index contributed by atoms with van der Waals surface area (Å²) < 4.78 is 5.34. The van der Waals surface area contributed by atoms with E-state index >= 15 is 0 Å². The van der Waals surface area contributed by atoms with E-state index in [0.29, 0.717) is 5.22 Å². The summed E-state index contributed by atoms with van der Waals surface area (Å²) in [5, 5.41) is 3.85. The highest BCUT2D eigenvalue weighted by molar-refractivity contribution is 7.99. The van der Waals surface area contributed by atoms with Crippen molar-refractivity contribution in [1.82, 2.24) is 10.3 Å².